The number of aliphatic hydroxyl groups excluding tert-OH is 5. The molecular weight excluding hydrogens is 731 g/mol. The van der Waals surface area contributed by atoms with Crippen LogP contribution in [-0.4, -0.2) is 98.3 Å². The van der Waals surface area contributed by atoms with Crippen LogP contribution in [0.3, 0.4) is 0 Å². The zero-order chi connectivity index (χ0) is 40.7. The minimum Gasteiger partial charge on any atom is -0.462 e. The lowest BCUT2D eigenvalue weighted by Gasteiger charge is -2.41. The molecule has 0 radical (unpaired) electrons. The molecule has 14 heteroatoms. The first-order valence-corrected chi connectivity index (χ1v) is 21.2. The number of esters is 2. The quantitative estimate of drug-likeness (QED) is 0.0202. The predicted octanol–water partition coefficient (Wildman–Crippen LogP) is 6.38. The third kappa shape index (κ3) is 24.5. The largest absolute Gasteiger partial charge is 0.472 e. The van der Waals surface area contributed by atoms with Crippen molar-refractivity contribution in [3.05, 3.63) is 72.9 Å². The van der Waals surface area contributed by atoms with Gasteiger partial charge >= 0.3 is 19.8 Å². The zero-order valence-corrected chi connectivity index (χ0v) is 33.6. The van der Waals surface area contributed by atoms with Crippen LogP contribution in [0, 0.1) is 0 Å². The van der Waals surface area contributed by atoms with Crippen molar-refractivity contribution >= 4 is 19.8 Å². The summed E-state index contributed by atoms with van der Waals surface area (Å²) in [5.41, 5.74) is 0. The first-order chi connectivity index (χ1) is 26.4. The highest BCUT2D eigenvalue weighted by Gasteiger charge is 2.51. The molecule has 1 rings (SSSR count). The van der Waals surface area contributed by atoms with Gasteiger partial charge in [0.05, 0.1) is 6.61 Å². The van der Waals surface area contributed by atoms with Gasteiger partial charge in [0.1, 0.15) is 43.2 Å². The highest BCUT2D eigenvalue weighted by molar-refractivity contribution is 7.47. The fourth-order valence-corrected chi connectivity index (χ4v) is 6.34. The Morgan fingerprint density at radius 2 is 1.04 bits per heavy atom. The number of phosphoric acid groups is 1. The van der Waals surface area contributed by atoms with Crippen molar-refractivity contribution in [2.24, 2.45) is 0 Å². The average molecular weight is 799 g/mol. The normalized spacial score (nSPS) is 23.9. The lowest BCUT2D eigenvalue weighted by atomic mass is 9.85. The predicted molar refractivity (Wildman–Crippen MR) is 212 cm³/mol. The van der Waals surface area contributed by atoms with E-state index in [9.17, 15) is 44.6 Å². The SMILES string of the molecule is CC/C=C/C/C=C/C/C=C/C/C=C/C/C=C/C/C=C/CCC(=O)OC[C@@H](COP(=O)(O)OC1C(O)C(O)C(O)[C@H](O)C1O)OC(=O)CCCCCCCCC. The highest BCUT2D eigenvalue weighted by atomic mass is 31.2. The van der Waals surface area contributed by atoms with Crippen molar-refractivity contribution in [3.8, 4) is 0 Å². The van der Waals surface area contributed by atoms with Crippen molar-refractivity contribution in [1.29, 1.82) is 0 Å². The summed E-state index contributed by atoms with van der Waals surface area (Å²) in [6, 6.07) is 0. The first kappa shape index (κ1) is 50.3. The highest BCUT2D eigenvalue weighted by Crippen LogP contribution is 2.47. The van der Waals surface area contributed by atoms with Crippen molar-refractivity contribution < 1.29 is 63.1 Å². The molecule has 0 saturated heterocycles. The molecule has 0 aliphatic heterocycles. The summed E-state index contributed by atoms with van der Waals surface area (Å²) in [5.74, 6) is -1.21. The number of carbonyl (C=O) groups is 2. The summed E-state index contributed by atoms with van der Waals surface area (Å²) < 4.78 is 33.1. The Morgan fingerprint density at radius 3 is 1.55 bits per heavy atom. The Kier molecular flexibility index (Phi) is 28.7. The molecule has 55 heavy (non-hydrogen) atoms. The molecule has 6 N–H and O–H groups in total. The summed E-state index contributed by atoms with van der Waals surface area (Å²) in [4.78, 5) is 35.3. The number of phosphoric ester groups is 1. The summed E-state index contributed by atoms with van der Waals surface area (Å²) in [7, 11) is -5.12. The van der Waals surface area contributed by atoms with E-state index in [-0.39, 0.29) is 12.8 Å². The van der Waals surface area contributed by atoms with E-state index in [1.54, 1.807) is 0 Å². The Hall–Kier alpha value is -2.71. The fourth-order valence-electron chi connectivity index (χ4n) is 5.37. The summed E-state index contributed by atoms with van der Waals surface area (Å²) >= 11 is 0. The van der Waals surface area contributed by atoms with Crippen LogP contribution in [-0.2, 0) is 32.7 Å². The second kappa shape index (κ2) is 31.4. The van der Waals surface area contributed by atoms with Crippen LogP contribution >= 0.6 is 7.82 Å². The van der Waals surface area contributed by atoms with E-state index in [0.29, 0.717) is 19.3 Å². The van der Waals surface area contributed by atoms with Crippen molar-refractivity contribution in [1.82, 2.24) is 0 Å². The third-order valence-electron chi connectivity index (χ3n) is 8.58. The molecule has 0 amide bonds. The number of allylic oxidation sites excluding steroid dienone is 12. The van der Waals surface area contributed by atoms with Gasteiger partial charge in [0, 0.05) is 12.8 Å². The maximum absolute atomic E-state index is 12.7. The van der Waals surface area contributed by atoms with Gasteiger partial charge in [-0.05, 0) is 51.4 Å². The van der Waals surface area contributed by atoms with Crippen LogP contribution in [0.1, 0.15) is 117 Å². The second-order valence-corrected chi connectivity index (χ2v) is 14.8. The monoisotopic (exact) mass is 798 g/mol. The van der Waals surface area contributed by atoms with Crippen LogP contribution < -0.4 is 0 Å². The van der Waals surface area contributed by atoms with E-state index in [0.717, 1.165) is 70.6 Å². The number of hydrogen-bond acceptors (Lipinski definition) is 12. The standard InChI is InChI=1S/C41H67O13P/c1-3-5-7-9-11-12-13-14-15-16-17-18-19-20-21-22-24-25-27-29-34(42)51-31-33(53-35(43)30-28-26-23-10-8-6-4-2)32-52-55(49,50)54-41-39(47)37(45)36(44)38(46)40(41)48/h5,7,11-12,14-15,17-18,20-21,24-25,33,36-41,44-48H,3-4,6,8-10,13,16,19,22-23,26-32H2,1-2H3,(H,49,50)/b7-5+,12-11+,15-14+,18-17+,21-20+,25-24+/t33-,36?,37-,38?,39?,40?,41?/m0/s1. The molecule has 1 saturated carbocycles. The van der Waals surface area contributed by atoms with Crippen LogP contribution in [0.5, 0.6) is 0 Å². The molecule has 1 aliphatic rings. The molecule has 13 nitrogen and oxygen atoms in total. The molecule has 0 aromatic heterocycles. The Balaban J connectivity index is 2.52. The molecule has 0 spiro atoms. The molecule has 1 aliphatic carbocycles. The number of aliphatic hydroxyl groups is 5. The van der Waals surface area contributed by atoms with Gasteiger partial charge in [-0.3, -0.25) is 18.6 Å². The van der Waals surface area contributed by atoms with Crippen molar-refractivity contribution in [3.63, 3.8) is 0 Å². The summed E-state index contributed by atoms with van der Waals surface area (Å²) in [5, 5.41) is 49.8. The molecule has 0 aromatic rings. The van der Waals surface area contributed by atoms with Crippen LogP contribution in [0.25, 0.3) is 0 Å². The van der Waals surface area contributed by atoms with Gasteiger partial charge in [0.15, 0.2) is 6.10 Å². The van der Waals surface area contributed by atoms with E-state index in [2.05, 4.69) is 68.5 Å². The van der Waals surface area contributed by atoms with Gasteiger partial charge in [0.2, 0.25) is 0 Å². The number of carbonyl (C=O) groups excluding carboxylic acids is 2. The smallest absolute Gasteiger partial charge is 0.462 e. The average Bonchev–Trinajstić information content (AvgIpc) is 3.16. The van der Waals surface area contributed by atoms with Crippen molar-refractivity contribution in [2.45, 2.75) is 159 Å². The Labute approximate surface area is 327 Å². The minimum absolute atomic E-state index is 0.0390. The van der Waals surface area contributed by atoms with Gasteiger partial charge in [-0.15, -0.1) is 0 Å². The summed E-state index contributed by atoms with van der Waals surface area (Å²) in [6.07, 6.45) is 24.5. The number of hydrogen-bond donors (Lipinski definition) is 6. The van der Waals surface area contributed by atoms with Crippen LogP contribution in [0.2, 0.25) is 0 Å². The Bertz CT molecular complexity index is 1240. The summed E-state index contributed by atoms with van der Waals surface area (Å²) in [6.45, 7) is 3.01. The maximum atomic E-state index is 12.7. The van der Waals surface area contributed by atoms with Crippen LogP contribution in [0.15, 0.2) is 72.9 Å². The van der Waals surface area contributed by atoms with E-state index in [4.69, 9.17) is 18.5 Å². The van der Waals surface area contributed by atoms with Gasteiger partial charge in [-0.2, -0.15) is 0 Å². The molecule has 0 heterocycles. The first-order valence-electron chi connectivity index (χ1n) is 19.7. The number of unbranched alkanes of at least 4 members (excludes halogenated alkanes) is 6. The van der Waals surface area contributed by atoms with Gasteiger partial charge < -0.3 is 39.9 Å². The van der Waals surface area contributed by atoms with E-state index in [1.807, 2.05) is 18.2 Å². The Morgan fingerprint density at radius 1 is 0.582 bits per heavy atom. The zero-order valence-electron chi connectivity index (χ0n) is 32.7. The van der Waals surface area contributed by atoms with E-state index in [1.165, 1.54) is 0 Å². The molecular formula is C41H67O13P. The van der Waals surface area contributed by atoms with Crippen molar-refractivity contribution in [2.75, 3.05) is 13.2 Å². The van der Waals surface area contributed by atoms with Gasteiger partial charge in [0.25, 0.3) is 0 Å². The van der Waals surface area contributed by atoms with Gasteiger partial charge in [-0.25, -0.2) is 4.57 Å². The van der Waals surface area contributed by atoms with E-state index >= 15 is 0 Å². The van der Waals surface area contributed by atoms with Crippen LogP contribution in [0.4, 0.5) is 0 Å². The third-order valence-corrected chi connectivity index (χ3v) is 9.56. The maximum Gasteiger partial charge on any atom is 0.472 e. The fraction of sp³-hybridized carbons (Fsp3) is 0.659. The molecule has 0 bridgehead atoms. The van der Waals surface area contributed by atoms with Gasteiger partial charge in [-0.1, -0.05) is 125 Å². The van der Waals surface area contributed by atoms with E-state index < -0.39 is 75.7 Å². The topological polar surface area (TPSA) is 210 Å². The lowest BCUT2D eigenvalue weighted by Crippen LogP contribution is -2.64. The molecule has 6 unspecified atom stereocenters. The molecule has 1 fully saturated rings. The lowest BCUT2D eigenvalue weighted by molar-refractivity contribution is -0.220. The second-order valence-electron chi connectivity index (χ2n) is 13.4. The number of ether oxygens (including phenoxy) is 2. The minimum atomic E-state index is -5.12. The number of rotatable bonds is 30. The molecule has 314 valence electrons. The molecule has 0 aromatic carbocycles. The molecule has 8 atom stereocenters.